The van der Waals surface area contributed by atoms with Gasteiger partial charge in [0.1, 0.15) is 5.82 Å². The van der Waals surface area contributed by atoms with Crippen LogP contribution in [-0.2, 0) is 0 Å². The second-order valence-corrected chi connectivity index (χ2v) is 4.89. The van der Waals surface area contributed by atoms with Gasteiger partial charge in [-0.2, -0.15) is 0 Å². The number of amides is 1. The number of carbonyl (C=O) groups excluding carboxylic acids is 1. The third kappa shape index (κ3) is 3.71. The van der Waals surface area contributed by atoms with Gasteiger partial charge in [-0.15, -0.1) is 0 Å². The van der Waals surface area contributed by atoms with Gasteiger partial charge in [-0.25, -0.2) is 4.98 Å². The van der Waals surface area contributed by atoms with Crippen molar-refractivity contribution in [3.8, 4) is 11.5 Å². The number of nitrogens with one attached hydrogen (secondary N) is 1. The summed E-state index contributed by atoms with van der Waals surface area (Å²) in [6, 6.07) is 8.41. The van der Waals surface area contributed by atoms with Gasteiger partial charge in [-0.3, -0.25) is 4.79 Å². The van der Waals surface area contributed by atoms with Crippen molar-refractivity contribution < 1.29 is 14.6 Å². The molecule has 1 aromatic heterocycles. The van der Waals surface area contributed by atoms with Crippen LogP contribution >= 0.6 is 0 Å². The molecule has 0 aliphatic heterocycles. The van der Waals surface area contributed by atoms with Crippen molar-refractivity contribution in [3.05, 3.63) is 42.1 Å². The Bertz CT molecular complexity index is 667. The van der Waals surface area contributed by atoms with Gasteiger partial charge >= 0.3 is 0 Å². The van der Waals surface area contributed by atoms with Crippen LogP contribution < -0.4 is 15.0 Å². The lowest BCUT2D eigenvalue weighted by molar-refractivity contribution is 0.102. The molecule has 0 atom stereocenters. The highest BCUT2D eigenvalue weighted by molar-refractivity contribution is 6.06. The minimum atomic E-state index is -0.418. The number of aromatic nitrogens is 1. The van der Waals surface area contributed by atoms with E-state index in [1.54, 1.807) is 24.4 Å². The van der Waals surface area contributed by atoms with Gasteiger partial charge in [0, 0.05) is 13.1 Å². The van der Waals surface area contributed by atoms with Crippen LogP contribution in [0.1, 0.15) is 24.2 Å². The third-order valence-electron chi connectivity index (χ3n) is 3.56. The maximum Gasteiger partial charge on any atom is 0.259 e. The van der Waals surface area contributed by atoms with E-state index in [-0.39, 0.29) is 17.1 Å². The van der Waals surface area contributed by atoms with E-state index in [0.717, 1.165) is 18.9 Å². The zero-order chi connectivity index (χ0) is 16.8. The molecule has 6 nitrogen and oxygen atoms in total. The summed E-state index contributed by atoms with van der Waals surface area (Å²) in [5, 5.41) is 12.7. The molecule has 6 heteroatoms. The molecule has 2 rings (SSSR count). The van der Waals surface area contributed by atoms with Crippen LogP contribution in [0.5, 0.6) is 11.5 Å². The first-order valence-electron chi connectivity index (χ1n) is 7.49. The maximum atomic E-state index is 12.3. The van der Waals surface area contributed by atoms with E-state index in [1.807, 2.05) is 6.07 Å². The third-order valence-corrected chi connectivity index (χ3v) is 3.56. The first-order valence-corrected chi connectivity index (χ1v) is 7.49. The number of ether oxygens (including phenoxy) is 1. The molecule has 0 fully saturated rings. The number of hydrogen-bond acceptors (Lipinski definition) is 5. The number of aromatic hydroxyl groups is 1. The molecule has 2 aromatic rings. The van der Waals surface area contributed by atoms with Crippen molar-refractivity contribution in [2.24, 2.45) is 0 Å². The van der Waals surface area contributed by atoms with Crippen LogP contribution in [0.3, 0.4) is 0 Å². The Balaban J connectivity index is 2.15. The second kappa shape index (κ2) is 7.49. The summed E-state index contributed by atoms with van der Waals surface area (Å²) in [6.45, 7) is 5.86. The van der Waals surface area contributed by atoms with Gasteiger partial charge in [0.25, 0.3) is 5.91 Å². The number of hydrogen-bond donors (Lipinski definition) is 2. The normalized spacial score (nSPS) is 10.2. The molecule has 0 spiro atoms. The number of phenolic OH excluding ortho intramolecular Hbond substituents is 1. The van der Waals surface area contributed by atoms with Gasteiger partial charge in [0.2, 0.25) is 0 Å². The largest absolute Gasteiger partial charge is 0.504 e. The Hall–Kier alpha value is -2.76. The van der Waals surface area contributed by atoms with Crippen molar-refractivity contribution in [1.82, 2.24) is 4.98 Å². The predicted octanol–water partition coefficient (Wildman–Crippen LogP) is 2.89. The molecule has 23 heavy (non-hydrogen) atoms. The molecule has 0 aliphatic carbocycles. The Labute approximate surface area is 135 Å². The lowest BCUT2D eigenvalue weighted by Gasteiger charge is -2.19. The minimum absolute atomic E-state index is 0.150. The first kappa shape index (κ1) is 16.6. The fourth-order valence-corrected chi connectivity index (χ4v) is 2.26. The average molecular weight is 315 g/mol. The molecule has 0 saturated carbocycles. The molecular weight excluding hydrogens is 294 g/mol. The molecule has 0 bridgehead atoms. The molecule has 1 amide bonds. The molecule has 122 valence electrons. The number of nitrogens with zero attached hydrogens (tertiary/aromatic N) is 2. The molecule has 2 N–H and O–H groups in total. The lowest BCUT2D eigenvalue weighted by Crippen LogP contribution is -2.22. The predicted molar refractivity (Wildman–Crippen MR) is 90.4 cm³/mol. The van der Waals surface area contributed by atoms with E-state index in [4.69, 9.17) is 4.74 Å². The number of benzene rings is 1. The zero-order valence-corrected chi connectivity index (χ0v) is 13.5. The summed E-state index contributed by atoms with van der Waals surface area (Å²) in [4.78, 5) is 18.7. The van der Waals surface area contributed by atoms with Crippen molar-refractivity contribution >= 4 is 17.4 Å². The van der Waals surface area contributed by atoms with E-state index < -0.39 is 5.91 Å². The van der Waals surface area contributed by atoms with Crippen LogP contribution in [0.15, 0.2) is 36.5 Å². The highest BCUT2D eigenvalue weighted by Crippen LogP contribution is 2.29. The van der Waals surface area contributed by atoms with Crippen LogP contribution in [-0.4, -0.2) is 36.2 Å². The Morgan fingerprint density at radius 2 is 2.00 bits per heavy atom. The number of para-hydroxylation sites is 1. The highest BCUT2D eigenvalue weighted by Gasteiger charge is 2.15. The van der Waals surface area contributed by atoms with Crippen molar-refractivity contribution in [2.75, 3.05) is 30.4 Å². The van der Waals surface area contributed by atoms with Gasteiger partial charge < -0.3 is 20.1 Å². The van der Waals surface area contributed by atoms with E-state index >= 15 is 0 Å². The summed E-state index contributed by atoms with van der Waals surface area (Å²) >= 11 is 0. The fourth-order valence-electron chi connectivity index (χ4n) is 2.26. The minimum Gasteiger partial charge on any atom is -0.504 e. The zero-order valence-electron chi connectivity index (χ0n) is 13.5. The Kier molecular flexibility index (Phi) is 5.41. The van der Waals surface area contributed by atoms with E-state index in [1.165, 1.54) is 13.2 Å². The van der Waals surface area contributed by atoms with Crippen LogP contribution in [0.25, 0.3) is 0 Å². The highest BCUT2D eigenvalue weighted by atomic mass is 16.5. The standard InChI is InChI=1S/C17H21N3O3/c1-4-20(5-2)15-10-9-12(11-18-15)19-17(22)13-7-6-8-14(23-3)16(13)21/h6-11,21H,4-5H2,1-3H3,(H,19,22). The number of pyridine rings is 1. The van der Waals surface area contributed by atoms with Crippen molar-refractivity contribution in [1.29, 1.82) is 0 Å². The van der Waals surface area contributed by atoms with E-state index in [0.29, 0.717) is 5.69 Å². The Morgan fingerprint density at radius 1 is 1.26 bits per heavy atom. The van der Waals surface area contributed by atoms with Crippen LogP contribution in [0.4, 0.5) is 11.5 Å². The number of anilines is 2. The quantitative estimate of drug-likeness (QED) is 0.857. The molecule has 0 unspecified atom stereocenters. The number of phenols is 1. The average Bonchev–Trinajstić information content (AvgIpc) is 2.57. The first-order chi connectivity index (χ1) is 11.1. The smallest absolute Gasteiger partial charge is 0.259 e. The van der Waals surface area contributed by atoms with E-state index in [2.05, 4.69) is 29.0 Å². The topological polar surface area (TPSA) is 74.7 Å². The summed E-state index contributed by atoms with van der Waals surface area (Å²) in [7, 11) is 1.44. The molecule has 1 heterocycles. The second-order valence-electron chi connectivity index (χ2n) is 4.89. The van der Waals surface area contributed by atoms with Crippen LogP contribution in [0.2, 0.25) is 0 Å². The van der Waals surface area contributed by atoms with Crippen molar-refractivity contribution in [2.45, 2.75) is 13.8 Å². The number of rotatable bonds is 6. The molecule has 0 saturated heterocycles. The van der Waals surface area contributed by atoms with Gasteiger partial charge in [0.15, 0.2) is 11.5 Å². The molecule has 1 aromatic carbocycles. The summed E-state index contributed by atoms with van der Waals surface area (Å²) < 4.78 is 5.00. The lowest BCUT2D eigenvalue weighted by atomic mass is 10.1. The van der Waals surface area contributed by atoms with E-state index in [9.17, 15) is 9.90 Å². The number of methoxy groups -OCH3 is 1. The number of carbonyl (C=O) groups is 1. The monoisotopic (exact) mass is 315 g/mol. The molecule has 0 radical (unpaired) electrons. The SMILES string of the molecule is CCN(CC)c1ccc(NC(=O)c2cccc(OC)c2O)cn1. The fraction of sp³-hybridized carbons (Fsp3) is 0.294. The summed E-state index contributed by atoms with van der Waals surface area (Å²) in [5.74, 6) is 0.517. The molecular formula is C17H21N3O3. The molecule has 0 aliphatic rings. The van der Waals surface area contributed by atoms with Crippen molar-refractivity contribution in [3.63, 3.8) is 0 Å². The van der Waals surface area contributed by atoms with Crippen LogP contribution in [0, 0.1) is 0 Å². The Morgan fingerprint density at radius 3 is 2.57 bits per heavy atom. The van der Waals surface area contributed by atoms with Gasteiger partial charge in [-0.1, -0.05) is 6.07 Å². The summed E-state index contributed by atoms with van der Waals surface area (Å²) in [6.07, 6.45) is 1.60. The van der Waals surface area contributed by atoms with Gasteiger partial charge in [-0.05, 0) is 38.1 Å². The van der Waals surface area contributed by atoms with Gasteiger partial charge in [0.05, 0.1) is 24.6 Å². The maximum absolute atomic E-state index is 12.3. The summed E-state index contributed by atoms with van der Waals surface area (Å²) in [5.41, 5.74) is 0.713.